The molecule has 0 saturated carbocycles. The number of urea groups is 1. The second-order valence-corrected chi connectivity index (χ2v) is 3.44. The van der Waals surface area contributed by atoms with E-state index in [9.17, 15) is 9.59 Å². The maximum absolute atomic E-state index is 11.3. The van der Waals surface area contributed by atoms with Gasteiger partial charge in [0.15, 0.2) is 0 Å². The van der Waals surface area contributed by atoms with Crippen LogP contribution in [0.1, 0.15) is 20.3 Å². The molecule has 0 radical (unpaired) electrons. The molecule has 1 aliphatic rings. The molecule has 1 aliphatic heterocycles. The molecular weight excluding hydrogens is 170 g/mol. The molecule has 0 bridgehead atoms. The first-order valence-electron chi connectivity index (χ1n) is 4.36. The van der Waals surface area contributed by atoms with E-state index in [-0.39, 0.29) is 18.5 Å². The van der Waals surface area contributed by atoms with Gasteiger partial charge in [-0.15, -0.1) is 0 Å². The summed E-state index contributed by atoms with van der Waals surface area (Å²) in [7, 11) is 0. The Bertz CT molecular complexity index is 220. The highest BCUT2D eigenvalue weighted by atomic mass is 16.2. The number of nitrogens with zero attached hydrogens (tertiary/aromatic N) is 1. The zero-order valence-electron chi connectivity index (χ0n) is 7.96. The molecule has 3 N–H and O–H groups in total. The standard InChI is InChI=1S/C8H15N3O2/c1-3-8(2,5-9)11-6(12)4-10-7(11)13/h3-5,9H2,1-2H3,(H,10,13). The van der Waals surface area contributed by atoms with Gasteiger partial charge in [-0.05, 0) is 13.3 Å². The van der Waals surface area contributed by atoms with Crippen LogP contribution in [0.5, 0.6) is 0 Å². The fourth-order valence-corrected chi connectivity index (χ4v) is 1.36. The largest absolute Gasteiger partial charge is 0.329 e. The smallest absolute Gasteiger partial charge is 0.325 e. The molecule has 0 aromatic carbocycles. The van der Waals surface area contributed by atoms with Crippen LogP contribution < -0.4 is 11.1 Å². The Morgan fingerprint density at radius 2 is 2.23 bits per heavy atom. The lowest BCUT2D eigenvalue weighted by Crippen LogP contribution is -2.54. The SMILES string of the molecule is CCC(C)(CN)N1C(=O)CNC1=O. The van der Waals surface area contributed by atoms with Gasteiger partial charge in [0.25, 0.3) is 5.91 Å². The van der Waals surface area contributed by atoms with Crippen molar-refractivity contribution in [1.29, 1.82) is 0 Å². The van der Waals surface area contributed by atoms with Crippen LogP contribution in [0.2, 0.25) is 0 Å². The maximum Gasteiger partial charge on any atom is 0.325 e. The van der Waals surface area contributed by atoms with E-state index in [1.807, 2.05) is 13.8 Å². The van der Waals surface area contributed by atoms with Crippen molar-refractivity contribution < 1.29 is 9.59 Å². The summed E-state index contributed by atoms with van der Waals surface area (Å²) in [6.07, 6.45) is 0.669. The Balaban J connectivity index is 2.90. The second-order valence-electron chi connectivity index (χ2n) is 3.44. The first kappa shape index (κ1) is 9.98. The number of hydrogen-bond acceptors (Lipinski definition) is 3. The Kier molecular flexibility index (Phi) is 2.56. The van der Waals surface area contributed by atoms with Gasteiger partial charge in [-0.2, -0.15) is 0 Å². The molecular formula is C8H15N3O2. The van der Waals surface area contributed by atoms with Crippen LogP contribution in [0.3, 0.4) is 0 Å². The maximum atomic E-state index is 11.3. The minimum Gasteiger partial charge on any atom is -0.329 e. The number of carbonyl (C=O) groups is 2. The van der Waals surface area contributed by atoms with Crippen LogP contribution in [0.4, 0.5) is 4.79 Å². The molecule has 1 atom stereocenters. The summed E-state index contributed by atoms with van der Waals surface area (Å²) in [5, 5.41) is 2.48. The minimum atomic E-state index is -0.544. The molecule has 1 fully saturated rings. The summed E-state index contributed by atoms with van der Waals surface area (Å²) < 4.78 is 0. The topological polar surface area (TPSA) is 75.4 Å². The van der Waals surface area contributed by atoms with E-state index in [1.54, 1.807) is 0 Å². The van der Waals surface area contributed by atoms with Crippen molar-refractivity contribution in [3.63, 3.8) is 0 Å². The first-order valence-corrected chi connectivity index (χ1v) is 4.36. The molecule has 3 amide bonds. The van der Waals surface area contributed by atoms with E-state index in [4.69, 9.17) is 5.73 Å². The summed E-state index contributed by atoms with van der Waals surface area (Å²) in [4.78, 5) is 23.9. The molecule has 0 aromatic rings. The van der Waals surface area contributed by atoms with Gasteiger partial charge in [-0.25, -0.2) is 4.79 Å². The van der Waals surface area contributed by atoms with Crippen LogP contribution in [-0.2, 0) is 4.79 Å². The summed E-state index contributed by atoms with van der Waals surface area (Å²) in [6.45, 7) is 4.11. The van der Waals surface area contributed by atoms with Crippen LogP contribution in [-0.4, -0.2) is 35.5 Å². The lowest BCUT2D eigenvalue weighted by molar-refractivity contribution is -0.128. The number of rotatable bonds is 3. The van der Waals surface area contributed by atoms with E-state index in [0.717, 1.165) is 0 Å². The summed E-state index contributed by atoms with van der Waals surface area (Å²) in [5.74, 6) is -0.195. The molecule has 13 heavy (non-hydrogen) atoms. The molecule has 0 aliphatic carbocycles. The number of imide groups is 1. The van der Waals surface area contributed by atoms with Crippen molar-refractivity contribution >= 4 is 11.9 Å². The van der Waals surface area contributed by atoms with E-state index < -0.39 is 5.54 Å². The molecule has 1 heterocycles. The van der Waals surface area contributed by atoms with Gasteiger partial charge in [-0.1, -0.05) is 6.92 Å². The third-order valence-corrected chi connectivity index (χ3v) is 2.58. The van der Waals surface area contributed by atoms with Gasteiger partial charge in [0.05, 0.1) is 12.1 Å². The third-order valence-electron chi connectivity index (χ3n) is 2.58. The van der Waals surface area contributed by atoms with E-state index in [2.05, 4.69) is 5.32 Å². The van der Waals surface area contributed by atoms with Crippen molar-refractivity contribution in [2.75, 3.05) is 13.1 Å². The lowest BCUT2D eigenvalue weighted by atomic mass is 9.97. The van der Waals surface area contributed by atoms with Gasteiger partial charge in [-0.3, -0.25) is 9.69 Å². The first-order chi connectivity index (χ1) is 6.05. The molecule has 1 saturated heterocycles. The Morgan fingerprint density at radius 1 is 1.62 bits per heavy atom. The van der Waals surface area contributed by atoms with Crippen LogP contribution in [0, 0.1) is 0 Å². The highest BCUT2D eigenvalue weighted by Gasteiger charge is 2.41. The molecule has 1 unspecified atom stereocenters. The fourth-order valence-electron chi connectivity index (χ4n) is 1.36. The Morgan fingerprint density at radius 3 is 2.54 bits per heavy atom. The molecule has 1 rings (SSSR count). The van der Waals surface area contributed by atoms with Crippen molar-refractivity contribution in [3.05, 3.63) is 0 Å². The second kappa shape index (κ2) is 3.33. The van der Waals surface area contributed by atoms with Crippen molar-refractivity contribution in [2.24, 2.45) is 5.73 Å². The van der Waals surface area contributed by atoms with Crippen molar-refractivity contribution in [1.82, 2.24) is 10.2 Å². The number of nitrogens with one attached hydrogen (secondary N) is 1. The molecule has 5 heteroatoms. The summed E-state index contributed by atoms with van der Waals surface area (Å²) in [6, 6.07) is -0.334. The minimum absolute atomic E-state index is 0.0917. The van der Waals surface area contributed by atoms with Gasteiger partial charge < -0.3 is 11.1 Å². The predicted octanol–water partition coefficient (Wildman–Crippen LogP) is -0.334. The number of hydrogen-bond donors (Lipinski definition) is 2. The lowest BCUT2D eigenvalue weighted by Gasteiger charge is -2.34. The van der Waals surface area contributed by atoms with Gasteiger partial charge in [0.2, 0.25) is 0 Å². The molecule has 0 aromatic heterocycles. The van der Waals surface area contributed by atoms with E-state index in [1.165, 1.54) is 4.90 Å². The van der Waals surface area contributed by atoms with E-state index >= 15 is 0 Å². The summed E-state index contributed by atoms with van der Waals surface area (Å²) in [5.41, 5.74) is 5.00. The fraction of sp³-hybridized carbons (Fsp3) is 0.750. The van der Waals surface area contributed by atoms with Gasteiger partial charge >= 0.3 is 6.03 Å². The predicted molar refractivity (Wildman–Crippen MR) is 48.0 cm³/mol. The van der Waals surface area contributed by atoms with E-state index in [0.29, 0.717) is 13.0 Å². The zero-order chi connectivity index (χ0) is 10.1. The van der Waals surface area contributed by atoms with Gasteiger partial charge in [0.1, 0.15) is 0 Å². The van der Waals surface area contributed by atoms with Crippen LogP contribution in [0.25, 0.3) is 0 Å². The van der Waals surface area contributed by atoms with Crippen molar-refractivity contribution in [2.45, 2.75) is 25.8 Å². The number of carbonyl (C=O) groups excluding carboxylic acids is 2. The molecule has 74 valence electrons. The number of amides is 3. The Hall–Kier alpha value is -1.10. The van der Waals surface area contributed by atoms with Crippen LogP contribution in [0.15, 0.2) is 0 Å². The third kappa shape index (κ3) is 1.51. The highest BCUT2D eigenvalue weighted by molar-refractivity contribution is 6.02. The highest BCUT2D eigenvalue weighted by Crippen LogP contribution is 2.20. The molecule has 0 spiro atoms. The van der Waals surface area contributed by atoms with Gasteiger partial charge in [0, 0.05) is 6.54 Å². The number of nitrogens with two attached hydrogens (primary N) is 1. The van der Waals surface area contributed by atoms with Crippen LogP contribution >= 0.6 is 0 Å². The molecule has 5 nitrogen and oxygen atoms in total. The monoisotopic (exact) mass is 185 g/mol. The zero-order valence-corrected chi connectivity index (χ0v) is 7.96. The quantitative estimate of drug-likeness (QED) is 0.591. The average Bonchev–Trinajstić information content (AvgIpc) is 2.46. The van der Waals surface area contributed by atoms with Crippen molar-refractivity contribution in [3.8, 4) is 0 Å². The summed E-state index contributed by atoms with van der Waals surface area (Å²) >= 11 is 0. The normalized spacial score (nSPS) is 21.6. The average molecular weight is 185 g/mol. The Labute approximate surface area is 77.3 Å².